The van der Waals surface area contributed by atoms with Crippen LogP contribution in [0.5, 0.6) is 0 Å². The summed E-state index contributed by atoms with van der Waals surface area (Å²) in [7, 11) is 1.88. The lowest BCUT2D eigenvalue weighted by molar-refractivity contribution is 0.0260. The first-order valence-electron chi connectivity index (χ1n) is 9.10. The van der Waals surface area contributed by atoms with Crippen LogP contribution in [0.3, 0.4) is 0 Å². The number of guanidine groups is 1. The number of likely N-dealkylation sites (tertiary alicyclic amines) is 1. The zero-order valence-electron chi connectivity index (χ0n) is 15.1. The zero-order valence-corrected chi connectivity index (χ0v) is 15.1. The Morgan fingerprint density at radius 2 is 1.96 bits per heavy atom. The lowest BCUT2D eigenvalue weighted by Gasteiger charge is -2.35. The molecule has 2 heterocycles. The van der Waals surface area contributed by atoms with E-state index in [2.05, 4.69) is 34.0 Å². The predicted molar refractivity (Wildman–Crippen MR) is 94.0 cm³/mol. The quantitative estimate of drug-likeness (QED) is 0.584. The molecule has 2 aliphatic heterocycles. The van der Waals surface area contributed by atoms with Gasteiger partial charge in [-0.15, -0.1) is 0 Å². The van der Waals surface area contributed by atoms with Gasteiger partial charge in [-0.2, -0.15) is 0 Å². The highest BCUT2D eigenvalue weighted by molar-refractivity contribution is 5.79. The molecular weight excluding hydrogens is 292 g/mol. The Balaban J connectivity index is 1.68. The lowest BCUT2D eigenvalue weighted by atomic mass is 10.1. The third-order valence-electron chi connectivity index (χ3n) is 4.64. The molecular formula is C17H34N4O2. The highest BCUT2D eigenvalue weighted by Gasteiger charge is 2.22. The van der Waals surface area contributed by atoms with Gasteiger partial charge in [0.25, 0.3) is 0 Å². The van der Waals surface area contributed by atoms with Crippen LogP contribution in [0.2, 0.25) is 0 Å². The van der Waals surface area contributed by atoms with Crippen LogP contribution in [0.25, 0.3) is 0 Å². The molecule has 2 saturated heterocycles. The average molecular weight is 326 g/mol. The fraction of sp³-hybridized carbons (Fsp3) is 0.941. The van der Waals surface area contributed by atoms with Crippen molar-refractivity contribution in [2.75, 3.05) is 66.1 Å². The van der Waals surface area contributed by atoms with Gasteiger partial charge in [-0.1, -0.05) is 6.92 Å². The highest BCUT2D eigenvalue weighted by Crippen LogP contribution is 2.13. The van der Waals surface area contributed by atoms with Gasteiger partial charge < -0.3 is 19.7 Å². The minimum Gasteiger partial charge on any atom is -0.379 e. The summed E-state index contributed by atoms with van der Waals surface area (Å²) < 4.78 is 11.1. The molecule has 2 fully saturated rings. The van der Waals surface area contributed by atoms with Crippen LogP contribution >= 0.6 is 0 Å². The first-order valence-corrected chi connectivity index (χ1v) is 9.10. The number of morpholine rings is 1. The van der Waals surface area contributed by atoms with Gasteiger partial charge in [-0.3, -0.25) is 9.89 Å². The van der Waals surface area contributed by atoms with Crippen LogP contribution in [0, 0.1) is 5.92 Å². The molecule has 6 nitrogen and oxygen atoms in total. The molecule has 0 aromatic carbocycles. The van der Waals surface area contributed by atoms with E-state index in [9.17, 15) is 0 Å². The van der Waals surface area contributed by atoms with Gasteiger partial charge in [0, 0.05) is 52.9 Å². The number of nitrogens with zero attached hydrogens (tertiary/aromatic N) is 3. The molecule has 0 spiro atoms. The van der Waals surface area contributed by atoms with Crippen molar-refractivity contribution in [3.05, 3.63) is 0 Å². The first kappa shape index (κ1) is 18.5. The smallest absolute Gasteiger partial charge is 0.193 e. The standard InChI is InChI=1S/C17H34N4O2/c1-4-23-16-5-7-21(8-6-16)17(18-3)19-13-15(2)14-20-9-11-22-12-10-20/h15-16H,4-14H2,1-3H3,(H,18,19). The molecule has 0 radical (unpaired) electrons. The maximum Gasteiger partial charge on any atom is 0.193 e. The summed E-state index contributed by atoms with van der Waals surface area (Å²) in [5.41, 5.74) is 0. The van der Waals surface area contributed by atoms with Gasteiger partial charge in [0.2, 0.25) is 0 Å². The molecule has 0 bridgehead atoms. The Kier molecular flexibility index (Phi) is 8.12. The van der Waals surface area contributed by atoms with Crippen LogP contribution in [0.1, 0.15) is 26.7 Å². The van der Waals surface area contributed by atoms with Gasteiger partial charge in [0.1, 0.15) is 0 Å². The molecule has 0 amide bonds. The second-order valence-corrected chi connectivity index (χ2v) is 6.59. The first-order chi connectivity index (χ1) is 11.2. The third kappa shape index (κ3) is 6.28. The van der Waals surface area contributed by atoms with Crippen LogP contribution in [0.4, 0.5) is 0 Å². The summed E-state index contributed by atoms with van der Waals surface area (Å²) in [4.78, 5) is 9.31. The van der Waals surface area contributed by atoms with Crippen LogP contribution < -0.4 is 5.32 Å². The normalized spacial score (nSPS) is 23.1. The minimum atomic E-state index is 0.426. The SMILES string of the molecule is CCOC1CCN(C(=NC)NCC(C)CN2CCOCC2)CC1. The van der Waals surface area contributed by atoms with Crippen molar-refractivity contribution in [2.45, 2.75) is 32.8 Å². The van der Waals surface area contributed by atoms with Gasteiger partial charge >= 0.3 is 0 Å². The molecule has 0 saturated carbocycles. The topological polar surface area (TPSA) is 49.3 Å². The Morgan fingerprint density at radius 1 is 1.26 bits per heavy atom. The molecule has 6 heteroatoms. The summed E-state index contributed by atoms with van der Waals surface area (Å²) in [6.45, 7) is 13.2. The Bertz CT molecular complexity index is 351. The molecule has 23 heavy (non-hydrogen) atoms. The molecule has 0 aliphatic carbocycles. The molecule has 2 aliphatic rings. The van der Waals surface area contributed by atoms with E-state index in [0.717, 1.165) is 77.9 Å². The number of nitrogens with one attached hydrogen (secondary N) is 1. The van der Waals surface area contributed by atoms with Crippen molar-refractivity contribution in [3.63, 3.8) is 0 Å². The minimum absolute atomic E-state index is 0.426. The Hall–Kier alpha value is -0.850. The second kappa shape index (κ2) is 10.1. The number of hydrogen-bond acceptors (Lipinski definition) is 4. The summed E-state index contributed by atoms with van der Waals surface area (Å²) in [6, 6.07) is 0. The van der Waals surface area contributed by atoms with Crippen LogP contribution in [0.15, 0.2) is 4.99 Å². The summed E-state index contributed by atoms with van der Waals surface area (Å²) in [5, 5.41) is 3.55. The summed E-state index contributed by atoms with van der Waals surface area (Å²) >= 11 is 0. The van der Waals surface area contributed by atoms with E-state index in [0.29, 0.717) is 12.0 Å². The second-order valence-electron chi connectivity index (χ2n) is 6.59. The van der Waals surface area contributed by atoms with Crippen molar-refractivity contribution in [2.24, 2.45) is 10.9 Å². The van der Waals surface area contributed by atoms with E-state index in [-0.39, 0.29) is 0 Å². The molecule has 0 aromatic rings. The predicted octanol–water partition coefficient (Wildman–Crippen LogP) is 1.03. The maximum absolute atomic E-state index is 5.72. The Morgan fingerprint density at radius 3 is 2.57 bits per heavy atom. The lowest BCUT2D eigenvalue weighted by Crippen LogP contribution is -2.48. The van der Waals surface area contributed by atoms with Crippen molar-refractivity contribution >= 4 is 5.96 Å². The fourth-order valence-electron chi connectivity index (χ4n) is 3.36. The number of aliphatic imine (C=N–C) groups is 1. The highest BCUT2D eigenvalue weighted by atomic mass is 16.5. The average Bonchev–Trinajstić information content (AvgIpc) is 2.58. The van der Waals surface area contributed by atoms with Gasteiger partial charge in [-0.25, -0.2) is 0 Å². The van der Waals surface area contributed by atoms with E-state index < -0.39 is 0 Å². The number of rotatable bonds is 6. The zero-order chi connectivity index (χ0) is 16.5. The molecule has 1 atom stereocenters. The molecule has 1 N–H and O–H groups in total. The van der Waals surface area contributed by atoms with Gasteiger partial charge in [0.15, 0.2) is 5.96 Å². The summed E-state index contributed by atoms with van der Waals surface area (Å²) in [6.07, 6.45) is 2.62. The largest absolute Gasteiger partial charge is 0.379 e. The van der Waals surface area contributed by atoms with Crippen molar-refractivity contribution < 1.29 is 9.47 Å². The number of piperidine rings is 1. The summed E-state index contributed by atoms with van der Waals surface area (Å²) in [5.74, 6) is 1.64. The molecule has 134 valence electrons. The van der Waals surface area contributed by atoms with E-state index in [1.165, 1.54) is 0 Å². The molecule has 0 aromatic heterocycles. The van der Waals surface area contributed by atoms with Gasteiger partial charge in [0.05, 0.1) is 19.3 Å². The van der Waals surface area contributed by atoms with Crippen molar-refractivity contribution in [3.8, 4) is 0 Å². The van der Waals surface area contributed by atoms with Crippen LogP contribution in [-0.2, 0) is 9.47 Å². The van der Waals surface area contributed by atoms with Crippen molar-refractivity contribution in [1.29, 1.82) is 0 Å². The Labute approximate surface area is 141 Å². The van der Waals surface area contributed by atoms with E-state index in [1.54, 1.807) is 0 Å². The fourth-order valence-corrected chi connectivity index (χ4v) is 3.36. The number of ether oxygens (including phenoxy) is 2. The molecule has 2 rings (SSSR count). The van der Waals surface area contributed by atoms with E-state index in [1.807, 2.05) is 7.05 Å². The number of hydrogen-bond donors (Lipinski definition) is 1. The van der Waals surface area contributed by atoms with Crippen molar-refractivity contribution in [1.82, 2.24) is 15.1 Å². The van der Waals surface area contributed by atoms with E-state index >= 15 is 0 Å². The van der Waals surface area contributed by atoms with Crippen LogP contribution in [-0.4, -0.2) is 88.0 Å². The van der Waals surface area contributed by atoms with Gasteiger partial charge in [-0.05, 0) is 25.7 Å². The molecule has 1 unspecified atom stereocenters. The monoisotopic (exact) mass is 326 g/mol. The third-order valence-corrected chi connectivity index (χ3v) is 4.64. The van der Waals surface area contributed by atoms with E-state index in [4.69, 9.17) is 9.47 Å². The maximum atomic E-state index is 5.72.